The predicted molar refractivity (Wildman–Crippen MR) is 116 cm³/mol. The second kappa shape index (κ2) is 7.03. The molecular weight excluding hydrogens is 375 g/mol. The fraction of sp³-hybridized carbons (Fsp3) is 0.280. The van der Waals surface area contributed by atoms with E-state index in [1.54, 1.807) is 0 Å². The Kier molecular flexibility index (Phi) is 4.16. The van der Waals surface area contributed by atoms with E-state index in [0.29, 0.717) is 5.92 Å². The van der Waals surface area contributed by atoms with Gasteiger partial charge in [-0.1, -0.05) is 18.2 Å². The highest BCUT2D eigenvalue weighted by Crippen LogP contribution is 2.38. The van der Waals surface area contributed by atoms with Gasteiger partial charge in [0, 0.05) is 60.3 Å². The monoisotopic (exact) mass is 398 g/mol. The fourth-order valence-electron chi connectivity index (χ4n) is 4.51. The SMILES string of the molecule is Fc1ccc(-c2[nH]c3ccccc3c2CN2CCc3nc(C4CC4)ncc3C2)cc1. The fourth-order valence-corrected chi connectivity index (χ4v) is 4.51. The number of para-hydroxylation sites is 1. The van der Waals surface area contributed by atoms with Crippen LogP contribution in [0.4, 0.5) is 4.39 Å². The Labute approximate surface area is 174 Å². The predicted octanol–water partition coefficient (Wildman–Crippen LogP) is 5.20. The average Bonchev–Trinajstić information content (AvgIpc) is 3.57. The average molecular weight is 398 g/mol. The number of rotatable bonds is 4. The lowest BCUT2D eigenvalue weighted by molar-refractivity contribution is 0.243. The molecule has 3 heterocycles. The molecule has 0 radical (unpaired) electrons. The van der Waals surface area contributed by atoms with E-state index < -0.39 is 0 Å². The molecule has 0 atom stereocenters. The number of aromatic nitrogens is 3. The number of hydrogen-bond donors (Lipinski definition) is 1. The topological polar surface area (TPSA) is 44.8 Å². The molecule has 0 unspecified atom stereocenters. The van der Waals surface area contributed by atoms with Crippen molar-refractivity contribution in [1.82, 2.24) is 19.9 Å². The highest BCUT2D eigenvalue weighted by molar-refractivity contribution is 5.90. The molecule has 5 heteroatoms. The summed E-state index contributed by atoms with van der Waals surface area (Å²) in [6.07, 6.45) is 5.47. The van der Waals surface area contributed by atoms with Crippen LogP contribution < -0.4 is 0 Å². The summed E-state index contributed by atoms with van der Waals surface area (Å²) in [4.78, 5) is 15.5. The van der Waals surface area contributed by atoms with Gasteiger partial charge in [-0.25, -0.2) is 14.4 Å². The number of halogens is 1. The number of fused-ring (bicyclic) bond motifs is 2. The quantitative estimate of drug-likeness (QED) is 0.514. The maximum absolute atomic E-state index is 13.5. The van der Waals surface area contributed by atoms with Gasteiger partial charge in [-0.2, -0.15) is 0 Å². The molecule has 6 rings (SSSR count). The third-order valence-corrected chi connectivity index (χ3v) is 6.30. The third kappa shape index (κ3) is 3.19. The molecule has 2 aromatic carbocycles. The maximum Gasteiger partial charge on any atom is 0.131 e. The number of aromatic amines is 1. The normalized spacial score (nSPS) is 16.7. The Balaban J connectivity index is 1.33. The summed E-state index contributed by atoms with van der Waals surface area (Å²) in [5, 5.41) is 1.22. The first kappa shape index (κ1) is 17.8. The van der Waals surface area contributed by atoms with Crippen LogP contribution in [0, 0.1) is 5.82 Å². The van der Waals surface area contributed by atoms with E-state index in [4.69, 9.17) is 4.98 Å². The number of hydrogen-bond acceptors (Lipinski definition) is 3. The van der Waals surface area contributed by atoms with Gasteiger partial charge in [0.25, 0.3) is 0 Å². The number of H-pyrrole nitrogens is 1. The van der Waals surface area contributed by atoms with Crippen molar-refractivity contribution in [2.75, 3.05) is 6.54 Å². The van der Waals surface area contributed by atoms with Crippen LogP contribution in [0.3, 0.4) is 0 Å². The summed E-state index contributed by atoms with van der Waals surface area (Å²) in [6.45, 7) is 2.68. The Morgan fingerprint density at radius 2 is 1.90 bits per heavy atom. The van der Waals surface area contributed by atoms with E-state index in [9.17, 15) is 4.39 Å². The Hall–Kier alpha value is -3.05. The zero-order chi connectivity index (χ0) is 20.1. The van der Waals surface area contributed by atoms with Crippen molar-refractivity contribution in [3.63, 3.8) is 0 Å². The van der Waals surface area contributed by atoms with E-state index in [1.807, 2.05) is 24.4 Å². The van der Waals surface area contributed by atoms with Gasteiger partial charge in [0.05, 0.1) is 5.69 Å². The van der Waals surface area contributed by atoms with Gasteiger partial charge >= 0.3 is 0 Å². The van der Waals surface area contributed by atoms with Crippen LogP contribution in [-0.4, -0.2) is 26.4 Å². The summed E-state index contributed by atoms with van der Waals surface area (Å²) in [7, 11) is 0. The van der Waals surface area contributed by atoms with Gasteiger partial charge in [-0.05, 0) is 54.3 Å². The van der Waals surface area contributed by atoms with Gasteiger partial charge in [0.2, 0.25) is 0 Å². The maximum atomic E-state index is 13.5. The molecule has 4 nitrogen and oxygen atoms in total. The van der Waals surface area contributed by atoms with Crippen molar-refractivity contribution in [3.8, 4) is 11.3 Å². The van der Waals surface area contributed by atoms with Crippen molar-refractivity contribution in [2.24, 2.45) is 0 Å². The highest BCUT2D eigenvalue weighted by atomic mass is 19.1. The van der Waals surface area contributed by atoms with E-state index in [-0.39, 0.29) is 5.82 Å². The highest BCUT2D eigenvalue weighted by Gasteiger charge is 2.28. The Morgan fingerprint density at radius 3 is 2.73 bits per heavy atom. The van der Waals surface area contributed by atoms with Gasteiger partial charge in [-0.3, -0.25) is 4.90 Å². The molecule has 30 heavy (non-hydrogen) atoms. The van der Waals surface area contributed by atoms with Crippen LogP contribution in [0.25, 0.3) is 22.2 Å². The second-order valence-corrected chi connectivity index (χ2v) is 8.47. The molecule has 2 aromatic heterocycles. The molecule has 150 valence electrons. The van der Waals surface area contributed by atoms with Gasteiger partial charge in [0.15, 0.2) is 0 Å². The van der Waals surface area contributed by atoms with Crippen molar-refractivity contribution in [2.45, 2.75) is 38.3 Å². The van der Waals surface area contributed by atoms with Crippen molar-refractivity contribution < 1.29 is 4.39 Å². The standard InChI is InChI=1S/C25H23FN4/c26-19-9-7-16(8-10-19)24-21(20-3-1-2-4-23(20)28-24)15-30-12-11-22-18(14-30)13-27-25(29-22)17-5-6-17/h1-4,7-10,13,17,28H,5-6,11-12,14-15H2. The van der Waals surface area contributed by atoms with Crippen LogP contribution in [0.1, 0.15) is 41.4 Å². The molecule has 1 aliphatic heterocycles. The van der Waals surface area contributed by atoms with Crippen LogP contribution >= 0.6 is 0 Å². The molecule has 0 saturated heterocycles. The molecule has 1 aliphatic carbocycles. The van der Waals surface area contributed by atoms with E-state index in [0.717, 1.165) is 48.7 Å². The lowest BCUT2D eigenvalue weighted by Crippen LogP contribution is -2.31. The van der Waals surface area contributed by atoms with Crippen molar-refractivity contribution in [1.29, 1.82) is 0 Å². The minimum atomic E-state index is -0.213. The van der Waals surface area contributed by atoms with Crippen molar-refractivity contribution in [3.05, 3.63) is 83.2 Å². The molecule has 4 aromatic rings. The first-order valence-electron chi connectivity index (χ1n) is 10.7. The molecule has 1 saturated carbocycles. The number of benzene rings is 2. The smallest absolute Gasteiger partial charge is 0.131 e. The summed E-state index contributed by atoms with van der Waals surface area (Å²) in [6, 6.07) is 15.1. The number of nitrogens with one attached hydrogen (secondary N) is 1. The van der Waals surface area contributed by atoms with E-state index >= 15 is 0 Å². The summed E-state index contributed by atoms with van der Waals surface area (Å²) < 4.78 is 13.5. The molecule has 0 spiro atoms. The Bertz CT molecular complexity index is 1220. The molecule has 1 N–H and O–H groups in total. The van der Waals surface area contributed by atoms with Crippen LogP contribution in [0.5, 0.6) is 0 Å². The van der Waals surface area contributed by atoms with Crippen LogP contribution in [0.15, 0.2) is 54.7 Å². The van der Waals surface area contributed by atoms with E-state index in [2.05, 4.69) is 33.1 Å². The van der Waals surface area contributed by atoms with Gasteiger partial charge in [-0.15, -0.1) is 0 Å². The lowest BCUT2D eigenvalue weighted by atomic mass is 10.0. The Morgan fingerprint density at radius 1 is 1.07 bits per heavy atom. The second-order valence-electron chi connectivity index (χ2n) is 8.47. The zero-order valence-corrected chi connectivity index (χ0v) is 16.7. The first-order valence-corrected chi connectivity index (χ1v) is 10.7. The largest absolute Gasteiger partial charge is 0.354 e. The summed E-state index contributed by atoms with van der Waals surface area (Å²) >= 11 is 0. The van der Waals surface area contributed by atoms with Crippen LogP contribution in [-0.2, 0) is 19.5 Å². The third-order valence-electron chi connectivity index (χ3n) is 6.30. The molecular formula is C25H23FN4. The lowest BCUT2D eigenvalue weighted by Gasteiger charge is -2.28. The minimum Gasteiger partial charge on any atom is -0.354 e. The molecule has 1 fully saturated rings. The first-order chi connectivity index (χ1) is 14.7. The van der Waals surface area contributed by atoms with Crippen LogP contribution in [0.2, 0.25) is 0 Å². The van der Waals surface area contributed by atoms with Gasteiger partial charge < -0.3 is 4.98 Å². The zero-order valence-electron chi connectivity index (χ0n) is 16.7. The summed E-state index contributed by atoms with van der Waals surface area (Å²) in [5.74, 6) is 1.42. The molecule has 2 aliphatic rings. The van der Waals surface area contributed by atoms with Crippen molar-refractivity contribution >= 4 is 10.9 Å². The minimum absolute atomic E-state index is 0.213. The summed E-state index contributed by atoms with van der Waals surface area (Å²) in [5.41, 5.74) is 6.92. The molecule has 0 bridgehead atoms. The van der Waals surface area contributed by atoms with E-state index in [1.165, 1.54) is 47.2 Å². The van der Waals surface area contributed by atoms with Gasteiger partial charge in [0.1, 0.15) is 11.6 Å². The number of nitrogens with zero attached hydrogens (tertiary/aromatic N) is 3. The molecule has 0 amide bonds.